The van der Waals surface area contributed by atoms with E-state index < -0.39 is 0 Å². The van der Waals surface area contributed by atoms with Crippen LogP contribution in [-0.4, -0.2) is 30.1 Å². The maximum atomic E-state index is 10.5. The number of rotatable bonds is 10. The molecule has 0 saturated carbocycles. The fourth-order valence-corrected chi connectivity index (χ4v) is 4.77. The predicted molar refractivity (Wildman–Crippen MR) is 125 cm³/mol. The standard InChI is InChI=1S/C23H25N3OS2/c1-3-26(4-2)29-20-12-10-18(11-13-20)14-21-22(19-8-6-5-7-9-19)15-28-23(21)25-16-24-17-27/h5-13,15-17H,3-4,14H2,1-2H3,(H,24,25,27). The lowest BCUT2D eigenvalue weighted by molar-refractivity contribution is -0.108. The SMILES string of the molecule is CCN(CC)Sc1ccc(Cc2c(-c3ccccc3)csc2/N=C\NC=O)cc1. The quantitative estimate of drug-likeness (QED) is 0.195. The minimum atomic E-state index is 0.626. The second-order valence-electron chi connectivity index (χ2n) is 6.37. The Balaban J connectivity index is 1.86. The molecule has 1 amide bonds. The van der Waals surface area contributed by atoms with E-state index in [1.54, 1.807) is 23.3 Å². The zero-order valence-corrected chi connectivity index (χ0v) is 18.3. The van der Waals surface area contributed by atoms with Gasteiger partial charge in [0.25, 0.3) is 0 Å². The zero-order valence-electron chi connectivity index (χ0n) is 16.7. The molecule has 0 unspecified atom stereocenters. The van der Waals surface area contributed by atoms with Gasteiger partial charge < -0.3 is 5.32 Å². The molecule has 3 aromatic rings. The van der Waals surface area contributed by atoms with Crippen molar-refractivity contribution >= 4 is 41.0 Å². The van der Waals surface area contributed by atoms with Crippen LogP contribution >= 0.6 is 23.3 Å². The number of hydrogen-bond acceptors (Lipinski definition) is 5. The summed E-state index contributed by atoms with van der Waals surface area (Å²) in [4.78, 5) is 16.3. The van der Waals surface area contributed by atoms with Crippen LogP contribution in [0, 0.1) is 0 Å². The van der Waals surface area contributed by atoms with Crippen molar-refractivity contribution < 1.29 is 4.79 Å². The van der Waals surface area contributed by atoms with Gasteiger partial charge in [-0.1, -0.05) is 56.3 Å². The molecular weight excluding hydrogens is 398 g/mol. The first-order chi connectivity index (χ1) is 14.2. The molecule has 0 bridgehead atoms. The molecule has 3 rings (SSSR count). The van der Waals surface area contributed by atoms with E-state index in [0.29, 0.717) is 6.41 Å². The van der Waals surface area contributed by atoms with Gasteiger partial charge in [-0.3, -0.25) is 4.79 Å². The highest BCUT2D eigenvalue weighted by atomic mass is 32.2. The fraction of sp³-hybridized carbons (Fsp3) is 0.217. The first-order valence-corrected chi connectivity index (χ1v) is 11.3. The molecule has 0 aliphatic heterocycles. The molecule has 0 atom stereocenters. The van der Waals surface area contributed by atoms with Crippen LogP contribution in [0.5, 0.6) is 0 Å². The van der Waals surface area contributed by atoms with Gasteiger partial charge in [-0.05, 0) is 40.8 Å². The molecule has 1 N–H and O–H groups in total. The first kappa shape index (κ1) is 21.3. The van der Waals surface area contributed by atoms with Crippen LogP contribution in [0.15, 0.2) is 69.9 Å². The van der Waals surface area contributed by atoms with Gasteiger partial charge in [-0.2, -0.15) is 0 Å². The van der Waals surface area contributed by atoms with Crippen molar-refractivity contribution in [1.29, 1.82) is 0 Å². The second-order valence-corrected chi connectivity index (χ2v) is 8.40. The lowest BCUT2D eigenvalue weighted by Crippen LogP contribution is -2.13. The van der Waals surface area contributed by atoms with Crippen LogP contribution in [0.4, 0.5) is 5.00 Å². The first-order valence-electron chi connectivity index (χ1n) is 9.65. The molecule has 0 aliphatic rings. The van der Waals surface area contributed by atoms with Gasteiger partial charge in [0.1, 0.15) is 5.00 Å². The summed E-state index contributed by atoms with van der Waals surface area (Å²) in [5, 5.41) is 5.56. The van der Waals surface area contributed by atoms with E-state index in [1.807, 2.05) is 18.2 Å². The van der Waals surface area contributed by atoms with E-state index in [0.717, 1.165) is 24.5 Å². The maximum Gasteiger partial charge on any atom is 0.212 e. The molecule has 150 valence electrons. The Morgan fingerprint density at radius 1 is 1.07 bits per heavy atom. The number of aliphatic imine (C=N–C) groups is 1. The average molecular weight is 424 g/mol. The summed E-state index contributed by atoms with van der Waals surface area (Å²) >= 11 is 3.39. The van der Waals surface area contributed by atoms with E-state index in [1.165, 1.54) is 33.5 Å². The summed E-state index contributed by atoms with van der Waals surface area (Å²) in [6, 6.07) is 19.1. The van der Waals surface area contributed by atoms with E-state index in [9.17, 15) is 4.79 Å². The summed E-state index contributed by atoms with van der Waals surface area (Å²) in [6.45, 7) is 6.39. The van der Waals surface area contributed by atoms with Gasteiger partial charge in [0.2, 0.25) is 6.41 Å². The van der Waals surface area contributed by atoms with Crippen molar-refractivity contribution in [3.8, 4) is 11.1 Å². The smallest absolute Gasteiger partial charge is 0.212 e. The molecule has 1 heterocycles. The molecule has 0 saturated heterocycles. The Hall–Kier alpha value is -2.41. The Labute approximate surface area is 180 Å². The van der Waals surface area contributed by atoms with Crippen molar-refractivity contribution in [2.75, 3.05) is 13.1 Å². The maximum absolute atomic E-state index is 10.5. The number of thiophene rings is 1. The molecule has 2 aromatic carbocycles. The molecule has 0 fully saturated rings. The Bertz CT molecular complexity index is 933. The lowest BCUT2D eigenvalue weighted by atomic mass is 9.98. The number of hydrogen-bond donors (Lipinski definition) is 1. The average Bonchev–Trinajstić information content (AvgIpc) is 3.16. The Morgan fingerprint density at radius 2 is 1.79 bits per heavy atom. The summed E-state index contributed by atoms with van der Waals surface area (Å²) in [5.41, 5.74) is 4.78. The number of carbonyl (C=O) groups excluding carboxylic acids is 1. The van der Waals surface area contributed by atoms with Crippen LogP contribution in [0.2, 0.25) is 0 Å². The minimum Gasteiger partial charge on any atom is -0.319 e. The van der Waals surface area contributed by atoms with Crippen LogP contribution in [0.25, 0.3) is 11.1 Å². The summed E-state index contributed by atoms with van der Waals surface area (Å²) in [6.07, 6.45) is 2.86. The highest BCUT2D eigenvalue weighted by molar-refractivity contribution is 7.97. The fourth-order valence-electron chi connectivity index (χ4n) is 3.01. The summed E-state index contributed by atoms with van der Waals surface area (Å²) < 4.78 is 2.33. The molecule has 29 heavy (non-hydrogen) atoms. The largest absolute Gasteiger partial charge is 0.319 e. The van der Waals surface area contributed by atoms with Gasteiger partial charge in [0, 0.05) is 35.3 Å². The molecule has 0 spiro atoms. The molecule has 0 aliphatic carbocycles. The van der Waals surface area contributed by atoms with Gasteiger partial charge in [-0.15, -0.1) is 11.3 Å². The number of amides is 1. The van der Waals surface area contributed by atoms with Gasteiger partial charge in [0.05, 0.1) is 6.34 Å². The third-order valence-corrected chi connectivity index (χ3v) is 6.71. The lowest BCUT2D eigenvalue weighted by Gasteiger charge is -2.16. The third-order valence-electron chi connectivity index (χ3n) is 4.53. The Morgan fingerprint density at radius 3 is 2.45 bits per heavy atom. The minimum absolute atomic E-state index is 0.626. The molecule has 4 nitrogen and oxygen atoms in total. The number of nitrogens with zero attached hydrogens (tertiary/aromatic N) is 2. The highest BCUT2D eigenvalue weighted by Gasteiger charge is 2.14. The van der Waals surface area contributed by atoms with Crippen LogP contribution in [-0.2, 0) is 11.2 Å². The highest BCUT2D eigenvalue weighted by Crippen LogP contribution is 2.39. The summed E-state index contributed by atoms with van der Waals surface area (Å²) in [5.74, 6) is 0. The third kappa shape index (κ3) is 5.79. The molecule has 6 heteroatoms. The van der Waals surface area contributed by atoms with E-state index in [2.05, 4.69) is 70.2 Å². The van der Waals surface area contributed by atoms with Gasteiger partial charge >= 0.3 is 0 Å². The van der Waals surface area contributed by atoms with Crippen molar-refractivity contribution in [1.82, 2.24) is 9.62 Å². The molecule has 1 aromatic heterocycles. The Kier molecular flexibility index (Phi) is 8.04. The van der Waals surface area contributed by atoms with Crippen molar-refractivity contribution in [2.45, 2.75) is 25.2 Å². The van der Waals surface area contributed by atoms with Crippen molar-refractivity contribution in [2.24, 2.45) is 4.99 Å². The van der Waals surface area contributed by atoms with Crippen LogP contribution < -0.4 is 5.32 Å². The van der Waals surface area contributed by atoms with Gasteiger partial charge in [0.15, 0.2) is 0 Å². The van der Waals surface area contributed by atoms with E-state index in [4.69, 9.17) is 0 Å². The monoisotopic (exact) mass is 423 g/mol. The van der Waals surface area contributed by atoms with Crippen molar-refractivity contribution in [3.63, 3.8) is 0 Å². The number of nitrogens with one attached hydrogen (secondary N) is 1. The van der Waals surface area contributed by atoms with Crippen LogP contribution in [0.3, 0.4) is 0 Å². The predicted octanol–water partition coefficient (Wildman–Crippen LogP) is 5.76. The van der Waals surface area contributed by atoms with E-state index in [-0.39, 0.29) is 0 Å². The number of carbonyl (C=O) groups is 1. The van der Waals surface area contributed by atoms with Gasteiger partial charge in [-0.25, -0.2) is 9.30 Å². The normalized spacial score (nSPS) is 11.3. The second kappa shape index (κ2) is 11.0. The topological polar surface area (TPSA) is 44.7 Å². The summed E-state index contributed by atoms with van der Waals surface area (Å²) in [7, 11) is 0. The number of benzene rings is 2. The molecular formula is C23H25N3OS2. The van der Waals surface area contributed by atoms with Crippen LogP contribution in [0.1, 0.15) is 25.0 Å². The zero-order chi connectivity index (χ0) is 20.5. The van der Waals surface area contributed by atoms with E-state index >= 15 is 0 Å². The van der Waals surface area contributed by atoms with Crippen molar-refractivity contribution in [3.05, 3.63) is 71.1 Å². The molecule has 0 radical (unpaired) electrons.